The van der Waals surface area contributed by atoms with Crippen molar-refractivity contribution in [2.45, 2.75) is 32.2 Å². The molecule has 1 aromatic carbocycles. The van der Waals surface area contributed by atoms with Crippen molar-refractivity contribution in [2.75, 3.05) is 13.1 Å². The normalized spacial score (nSPS) is 15.4. The molecule has 1 amide bonds. The molecule has 140 valence electrons. The number of piperidine rings is 1. The average molecular weight is 366 g/mol. The fourth-order valence-electron chi connectivity index (χ4n) is 3.85. The number of carboxylic acid groups (broad SMARTS) is 1. The fourth-order valence-corrected chi connectivity index (χ4v) is 3.85. The van der Waals surface area contributed by atoms with Crippen LogP contribution < -0.4 is 0 Å². The lowest BCUT2D eigenvalue weighted by atomic mass is 10.0. The van der Waals surface area contributed by atoms with Gasteiger partial charge in [0.15, 0.2) is 0 Å². The van der Waals surface area contributed by atoms with Crippen molar-refractivity contribution in [3.05, 3.63) is 53.5 Å². The van der Waals surface area contributed by atoms with E-state index in [-0.39, 0.29) is 17.5 Å². The van der Waals surface area contributed by atoms with Gasteiger partial charge in [-0.2, -0.15) is 5.10 Å². The summed E-state index contributed by atoms with van der Waals surface area (Å²) in [5.74, 6) is -0.837. The molecule has 7 nitrogen and oxygen atoms in total. The number of aromatic nitrogens is 3. The van der Waals surface area contributed by atoms with Crippen molar-refractivity contribution in [3.8, 4) is 0 Å². The number of amides is 1. The number of aromatic amines is 1. The zero-order chi connectivity index (χ0) is 19.0. The SMILES string of the molecule is Cc1[nH]c2ccccc2c1CC(=O)N1CCC(n2cc(C(=O)O)cn2)CC1. The van der Waals surface area contributed by atoms with Crippen LogP contribution in [-0.2, 0) is 11.2 Å². The number of aryl methyl sites for hydroxylation is 1. The van der Waals surface area contributed by atoms with E-state index in [2.05, 4.69) is 10.1 Å². The van der Waals surface area contributed by atoms with E-state index in [9.17, 15) is 9.59 Å². The van der Waals surface area contributed by atoms with Crippen molar-refractivity contribution >= 4 is 22.8 Å². The minimum absolute atomic E-state index is 0.132. The molecule has 27 heavy (non-hydrogen) atoms. The van der Waals surface area contributed by atoms with Crippen LogP contribution in [0.3, 0.4) is 0 Å². The Morgan fingerprint density at radius 2 is 2.00 bits per heavy atom. The number of fused-ring (bicyclic) bond motifs is 1. The largest absolute Gasteiger partial charge is 0.478 e. The van der Waals surface area contributed by atoms with Crippen molar-refractivity contribution in [3.63, 3.8) is 0 Å². The topological polar surface area (TPSA) is 91.2 Å². The number of carbonyl (C=O) groups excluding carboxylic acids is 1. The van der Waals surface area contributed by atoms with Crippen LogP contribution in [0.5, 0.6) is 0 Å². The minimum Gasteiger partial charge on any atom is -0.478 e. The molecule has 4 rings (SSSR count). The summed E-state index contributed by atoms with van der Waals surface area (Å²) in [6, 6.07) is 8.18. The number of carboxylic acids is 1. The molecule has 0 spiro atoms. The third-order valence-corrected chi connectivity index (χ3v) is 5.39. The van der Waals surface area contributed by atoms with E-state index in [0.717, 1.165) is 35.0 Å². The molecule has 0 unspecified atom stereocenters. The van der Waals surface area contributed by atoms with Crippen LogP contribution in [0.25, 0.3) is 10.9 Å². The lowest BCUT2D eigenvalue weighted by molar-refractivity contribution is -0.131. The first-order valence-corrected chi connectivity index (χ1v) is 9.14. The van der Waals surface area contributed by atoms with Crippen LogP contribution in [0.1, 0.15) is 40.5 Å². The number of rotatable bonds is 4. The molecular formula is C20H22N4O3. The Labute approximate surface area is 156 Å². The molecule has 1 aliphatic rings. The Hall–Kier alpha value is -3.09. The quantitative estimate of drug-likeness (QED) is 0.743. The van der Waals surface area contributed by atoms with Gasteiger partial charge in [-0.1, -0.05) is 18.2 Å². The summed E-state index contributed by atoms with van der Waals surface area (Å²) in [6.07, 6.45) is 4.89. The van der Waals surface area contributed by atoms with Crippen molar-refractivity contribution in [1.82, 2.24) is 19.7 Å². The fraction of sp³-hybridized carbons (Fsp3) is 0.350. The molecule has 2 N–H and O–H groups in total. The van der Waals surface area contributed by atoms with E-state index in [1.807, 2.05) is 36.1 Å². The summed E-state index contributed by atoms with van der Waals surface area (Å²) in [7, 11) is 0. The van der Waals surface area contributed by atoms with Gasteiger partial charge < -0.3 is 15.0 Å². The highest BCUT2D eigenvalue weighted by molar-refractivity contribution is 5.90. The first-order valence-electron chi connectivity index (χ1n) is 9.14. The molecule has 1 aliphatic heterocycles. The standard InChI is InChI=1S/C20H22N4O3/c1-13-17(16-4-2-3-5-18(16)22-13)10-19(25)23-8-6-15(7-9-23)24-12-14(11-21-24)20(26)27/h2-5,11-12,15,22H,6-10H2,1H3,(H,26,27). The lowest BCUT2D eigenvalue weighted by Gasteiger charge is -2.32. The molecule has 3 aromatic rings. The van der Waals surface area contributed by atoms with E-state index < -0.39 is 5.97 Å². The number of carbonyl (C=O) groups is 2. The van der Waals surface area contributed by atoms with E-state index in [0.29, 0.717) is 19.5 Å². The minimum atomic E-state index is -0.969. The van der Waals surface area contributed by atoms with Gasteiger partial charge in [0.25, 0.3) is 0 Å². The Morgan fingerprint density at radius 3 is 2.70 bits per heavy atom. The Morgan fingerprint density at radius 1 is 1.26 bits per heavy atom. The number of benzene rings is 1. The highest BCUT2D eigenvalue weighted by atomic mass is 16.4. The second-order valence-electron chi connectivity index (χ2n) is 7.08. The van der Waals surface area contributed by atoms with Crippen LogP contribution in [-0.4, -0.2) is 49.7 Å². The zero-order valence-electron chi connectivity index (χ0n) is 15.2. The first kappa shape index (κ1) is 17.3. The number of nitrogens with one attached hydrogen (secondary N) is 1. The zero-order valence-corrected chi connectivity index (χ0v) is 15.2. The summed E-state index contributed by atoms with van der Waals surface area (Å²) in [5, 5.41) is 14.3. The third-order valence-electron chi connectivity index (χ3n) is 5.39. The molecule has 7 heteroatoms. The second-order valence-corrected chi connectivity index (χ2v) is 7.08. The van der Waals surface area contributed by atoms with Crippen LogP contribution >= 0.6 is 0 Å². The van der Waals surface area contributed by atoms with E-state index >= 15 is 0 Å². The number of nitrogens with zero attached hydrogens (tertiary/aromatic N) is 3. The molecular weight excluding hydrogens is 344 g/mol. The number of hydrogen-bond donors (Lipinski definition) is 2. The molecule has 0 atom stereocenters. The van der Waals surface area contributed by atoms with Crippen molar-refractivity contribution in [1.29, 1.82) is 0 Å². The molecule has 1 saturated heterocycles. The highest BCUT2D eigenvalue weighted by Gasteiger charge is 2.25. The van der Waals surface area contributed by atoms with E-state index in [4.69, 9.17) is 5.11 Å². The Bertz CT molecular complexity index is 996. The van der Waals surface area contributed by atoms with Gasteiger partial charge >= 0.3 is 5.97 Å². The van der Waals surface area contributed by atoms with Gasteiger partial charge in [0.2, 0.25) is 5.91 Å². The number of hydrogen-bond acceptors (Lipinski definition) is 3. The van der Waals surface area contributed by atoms with Crippen molar-refractivity contribution in [2.24, 2.45) is 0 Å². The Kier molecular flexibility index (Phi) is 4.43. The van der Waals surface area contributed by atoms with Crippen LogP contribution in [0.2, 0.25) is 0 Å². The molecule has 1 fully saturated rings. The summed E-state index contributed by atoms with van der Waals surface area (Å²) in [6.45, 7) is 3.33. The summed E-state index contributed by atoms with van der Waals surface area (Å²) < 4.78 is 1.72. The monoisotopic (exact) mass is 366 g/mol. The molecule has 0 bridgehead atoms. The predicted octanol–water partition coefficient (Wildman–Crippen LogP) is 2.78. The van der Waals surface area contributed by atoms with Crippen LogP contribution in [0, 0.1) is 6.92 Å². The summed E-state index contributed by atoms with van der Waals surface area (Å²) in [4.78, 5) is 29.1. The first-order chi connectivity index (χ1) is 13.0. The van der Waals surface area contributed by atoms with Crippen molar-refractivity contribution < 1.29 is 14.7 Å². The van der Waals surface area contributed by atoms with Gasteiger partial charge in [0.1, 0.15) is 0 Å². The number of likely N-dealkylation sites (tertiary alicyclic amines) is 1. The molecule has 0 saturated carbocycles. The smallest absolute Gasteiger partial charge is 0.338 e. The van der Waals surface area contributed by atoms with Gasteiger partial charge in [0.05, 0.1) is 24.2 Å². The van der Waals surface area contributed by atoms with E-state index in [1.165, 1.54) is 6.20 Å². The number of para-hydroxylation sites is 1. The van der Waals surface area contributed by atoms with Crippen LogP contribution in [0.4, 0.5) is 0 Å². The third kappa shape index (κ3) is 3.32. The number of aromatic carboxylic acids is 1. The highest BCUT2D eigenvalue weighted by Crippen LogP contribution is 2.25. The maximum Gasteiger partial charge on any atom is 0.338 e. The molecule has 0 radical (unpaired) electrons. The predicted molar refractivity (Wildman–Crippen MR) is 101 cm³/mol. The van der Waals surface area contributed by atoms with Gasteiger partial charge in [0, 0.05) is 35.9 Å². The van der Waals surface area contributed by atoms with Gasteiger partial charge in [-0.3, -0.25) is 9.48 Å². The lowest BCUT2D eigenvalue weighted by Crippen LogP contribution is -2.40. The average Bonchev–Trinajstić information content (AvgIpc) is 3.28. The maximum atomic E-state index is 12.8. The summed E-state index contributed by atoms with van der Waals surface area (Å²) >= 11 is 0. The maximum absolute atomic E-state index is 12.8. The molecule has 0 aliphatic carbocycles. The van der Waals surface area contributed by atoms with Crippen LogP contribution in [0.15, 0.2) is 36.7 Å². The Balaban J connectivity index is 1.41. The van der Waals surface area contributed by atoms with Gasteiger partial charge in [-0.25, -0.2) is 4.79 Å². The van der Waals surface area contributed by atoms with Gasteiger partial charge in [-0.05, 0) is 31.4 Å². The molecule has 2 aromatic heterocycles. The molecule has 3 heterocycles. The number of H-pyrrole nitrogens is 1. The van der Waals surface area contributed by atoms with Gasteiger partial charge in [-0.15, -0.1) is 0 Å². The van der Waals surface area contributed by atoms with E-state index in [1.54, 1.807) is 10.9 Å². The summed E-state index contributed by atoms with van der Waals surface area (Å²) in [5.41, 5.74) is 3.36. The second kappa shape index (κ2) is 6.90.